The number of hydrogen-bond acceptors (Lipinski definition) is 24. The molecule has 15 aromatic rings. The molecule has 2 aliphatic carbocycles. The van der Waals surface area contributed by atoms with Crippen molar-refractivity contribution in [3.05, 3.63) is 258 Å². The Kier molecular flexibility index (Phi) is 26.4. The number of aromatic nitrogens is 20. The number of hydrogen-bond donors (Lipinski definition) is 5. The first-order chi connectivity index (χ1) is 64.2. The van der Waals surface area contributed by atoms with E-state index in [1.54, 1.807) is 67.6 Å². The second-order valence-corrected chi connectivity index (χ2v) is 34.4. The van der Waals surface area contributed by atoms with Crippen molar-refractivity contribution in [3.63, 3.8) is 0 Å². The lowest BCUT2D eigenvalue weighted by atomic mass is 9.94. The van der Waals surface area contributed by atoms with Gasteiger partial charge in [-0.3, -0.25) is 93.6 Å². The molecule has 44 nitrogen and oxygen atoms in total. The van der Waals surface area contributed by atoms with E-state index in [0.717, 1.165) is 88.9 Å². The van der Waals surface area contributed by atoms with E-state index in [1.165, 1.54) is 166 Å². The van der Waals surface area contributed by atoms with Gasteiger partial charge < -0.3 is 68.4 Å². The molecule has 2 spiro atoms. The van der Waals surface area contributed by atoms with Crippen LogP contribution in [-0.4, -0.2) is 135 Å². The number of nitrogens with one attached hydrogen (secondary N) is 5. The summed E-state index contributed by atoms with van der Waals surface area (Å²) in [6.45, 7) is 2.95. The van der Waals surface area contributed by atoms with E-state index >= 15 is 0 Å². The molecule has 19 rings (SSSR count). The topological polar surface area (TPSA) is 492 Å². The fourth-order valence-corrected chi connectivity index (χ4v) is 16.9. The zero-order valence-electron chi connectivity index (χ0n) is 74.9. The van der Waals surface area contributed by atoms with E-state index in [0.29, 0.717) is 50.8 Å². The lowest BCUT2D eigenvalue weighted by Gasteiger charge is -2.31. The Morgan fingerprint density at radius 1 is 0.348 bits per heavy atom. The highest BCUT2D eigenvalue weighted by molar-refractivity contribution is 14.1. The number of aryl methyl sites for hydroxylation is 7. The second kappa shape index (κ2) is 37.9. The molecule has 2 saturated carbocycles. The fraction of sp³-hybridized carbons (Fsp3) is 0.318. The number of rotatable bonds is 15. The number of nitrogens with zero attached hydrogens (tertiary/aromatic N) is 20. The highest BCUT2D eigenvalue weighted by Gasteiger charge is 2.45. The van der Waals surface area contributed by atoms with Crippen LogP contribution in [0.3, 0.4) is 0 Å². The van der Waals surface area contributed by atoms with Crippen molar-refractivity contribution in [2.24, 2.45) is 70.5 Å². The Labute approximate surface area is 778 Å². The van der Waals surface area contributed by atoms with Gasteiger partial charge in [0.1, 0.15) is 38.5 Å². The summed E-state index contributed by atoms with van der Waals surface area (Å²) in [7, 11) is 14.5. The minimum atomic E-state index is -0.574. The molecule has 12 heterocycles. The van der Waals surface area contributed by atoms with Crippen LogP contribution in [0.1, 0.15) is 68.9 Å². The van der Waals surface area contributed by atoms with Gasteiger partial charge in [-0.25, -0.2) is 53.3 Å². The van der Waals surface area contributed by atoms with Crippen LogP contribution in [0.2, 0.25) is 5.02 Å². The van der Waals surface area contributed by atoms with Crippen molar-refractivity contribution in [1.82, 2.24) is 93.4 Å². The number of carbonyl (C=O) groups is 5. The maximum absolute atomic E-state index is 13.8. The average molecular weight is 1980 g/mol. The fourth-order valence-electron chi connectivity index (χ4n) is 16.1. The van der Waals surface area contributed by atoms with Gasteiger partial charge in [0.15, 0.2) is 78.8 Å². The summed E-state index contributed by atoms with van der Waals surface area (Å²) in [5, 5.41) is 14.0. The van der Waals surface area contributed by atoms with Crippen LogP contribution in [0.5, 0.6) is 23.0 Å². The average Bonchev–Trinajstić information content (AvgIpc) is 1.65. The Balaban J connectivity index is 0.000000129. The van der Waals surface area contributed by atoms with E-state index < -0.39 is 79.5 Å². The molecule has 0 unspecified atom stereocenters. The van der Waals surface area contributed by atoms with Crippen molar-refractivity contribution in [2.75, 3.05) is 26.6 Å². The summed E-state index contributed by atoms with van der Waals surface area (Å²) in [5.74, 6) is -0.895. The van der Waals surface area contributed by atoms with Gasteiger partial charge >= 0.3 is 28.4 Å². The number of benzene rings is 5. The van der Waals surface area contributed by atoms with Crippen molar-refractivity contribution in [2.45, 2.75) is 116 Å². The number of anilines is 5. The molecule has 0 bridgehead atoms. The molecule has 5 aromatic carbocycles. The van der Waals surface area contributed by atoms with Crippen molar-refractivity contribution < 1.29 is 47.3 Å². The Hall–Kier alpha value is -15.7. The zero-order valence-corrected chi connectivity index (χ0v) is 77.8. The number of ether oxygens (including phenoxy) is 4. The van der Waals surface area contributed by atoms with E-state index in [1.807, 2.05) is 31.2 Å². The smallest absolute Gasteiger partial charge is 0.332 e. The summed E-state index contributed by atoms with van der Waals surface area (Å²) in [5.41, 5.74) is 1.26. The first-order valence-corrected chi connectivity index (χ1v) is 43.5. The Morgan fingerprint density at radius 3 is 0.941 bits per heavy atom. The molecule has 4 aliphatic rings. The summed E-state index contributed by atoms with van der Waals surface area (Å²) in [4.78, 5) is 204. The maximum Gasteiger partial charge on any atom is 0.332 e. The molecule has 10 aromatic heterocycles. The van der Waals surface area contributed by atoms with Crippen molar-refractivity contribution in [1.29, 1.82) is 0 Å². The third kappa shape index (κ3) is 19.0. The minimum Gasteiger partial charge on any atom is -0.448 e. The van der Waals surface area contributed by atoms with E-state index in [9.17, 15) is 76.3 Å². The Bertz CT molecular complexity index is 7880. The monoisotopic (exact) mass is 1980 g/mol. The van der Waals surface area contributed by atoms with Crippen LogP contribution in [0.4, 0.5) is 32.8 Å². The van der Waals surface area contributed by atoms with E-state index in [4.69, 9.17) is 30.5 Å². The lowest BCUT2D eigenvalue weighted by molar-refractivity contribution is -0.117. The van der Waals surface area contributed by atoms with Crippen molar-refractivity contribution in [3.8, 4) is 23.0 Å². The normalized spacial score (nSPS) is 13.5. The molecular formula is C88H90ClFIN25O19. The lowest BCUT2D eigenvalue weighted by Crippen LogP contribution is -2.40. The van der Waals surface area contributed by atoms with Crippen LogP contribution in [-0.2, 0) is 127 Å². The number of carbonyl (C=O) groups excluding carboxylic acids is 5. The van der Waals surface area contributed by atoms with Gasteiger partial charge in [-0.15, -0.1) is 0 Å². The molecule has 0 radical (unpaired) electrons. The molecule has 0 saturated heterocycles. The molecule has 2 fully saturated rings. The van der Waals surface area contributed by atoms with Crippen LogP contribution in [0.15, 0.2) is 177 Å². The molecule has 2 aliphatic heterocycles. The number of amides is 5. The standard InChI is InChI=1S/C21H23N5O5.C20H21N5O5.C16H16ClN5O3.C16H16FN5O3.C15H14IN5O3/c1-24-18-17(19(28)25(2)20(24)29)26(12-22-18)11-16(27)23-13-6-7-14-15(10-13)31-21(30-14)8-4-3-5-9-21;1-23-17-16(18(27)24(2)19(23)28)25(11-21-17)10-15(26)22-12-5-6-13-14(9-12)30-20(29-13)7-3-4-8-20;2*1-9-4-5-11(10(17)6-9)19-12(23)7-22-8-18-14-13(22)15(24)21(3)16(25)20(14)2;1-19-13-12(14(23)20(2)15(19)24)21(8-17-13)7-11(22)18-10-5-3-4-9(16)6-10/h6-7,10,12H,3-5,8-9,11H2,1-2H3,(H,23,27);5-6,9,11H,3-4,7-8,10H2,1-2H3,(H,22,26);2*4-6,8H,7H2,1-3H3,(H,19,23);3-6,8H,7H2,1-2H3,(H,18,22). The van der Waals surface area contributed by atoms with Crippen LogP contribution in [0.25, 0.3) is 55.8 Å². The van der Waals surface area contributed by atoms with Gasteiger partial charge in [0.25, 0.3) is 39.4 Å². The van der Waals surface area contributed by atoms with Gasteiger partial charge in [-0.05, 0) is 140 Å². The highest BCUT2D eigenvalue weighted by atomic mass is 127. The number of halogens is 3. The van der Waals surface area contributed by atoms with E-state index in [2.05, 4.69) is 74.1 Å². The number of imidazole rings is 5. The molecule has 0 atom stereocenters. The Morgan fingerprint density at radius 2 is 0.630 bits per heavy atom. The van der Waals surface area contributed by atoms with Gasteiger partial charge in [0.05, 0.1) is 48.0 Å². The van der Waals surface area contributed by atoms with Gasteiger partial charge in [0.2, 0.25) is 29.5 Å². The predicted octanol–water partition coefficient (Wildman–Crippen LogP) is 4.85. The molecule has 702 valence electrons. The molecule has 5 amide bonds. The molecule has 47 heteroatoms. The van der Waals surface area contributed by atoms with Crippen LogP contribution >= 0.6 is 34.2 Å². The van der Waals surface area contributed by atoms with Crippen molar-refractivity contribution >= 4 is 148 Å². The largest absolute Gasteiger partial charge is 0.448 e. The van der Waals surface area contributed by atoms with E-state index in [-0.39, 0.29) is 118 Å². The SMILES string of the molecule is Cc1ccc(NC(=O)Cn2cnc3c2c(=O)n(C)c(=O)n3C)c(Cl)c1.Cc1ccc(NC(=O)Cn2cnc3c2c(=O)n(C)c(=O)n3C)c(F)c1.Cn1c(=O)c2c(ncn2CC(=O)Nc2ccc3c(c2)OC2(CCCC2)O3)n(C)c1=O.Cn1c(=O)c2c(ncn2CC(=O)Nc2ccc3c(c2)OC2(CCCCC2)O3)n(C)c1=O.Cn1c(=O)c2c(ncn2CC(=O)Nc2cccc(I)c2)n(C)c1=O. The van der Waals surface area contributed by atoms with Gasteiger partial charge in [-0.1, -0.05) is 36.2 Å². The third-order valence-corrected chi connectivity index (χ3v) is 24.2. The first-order valence-electron chi connectivity index (χ1n) is 42.1. The molecule has 135 heavy (non-hydrogen) atoms. The van der Waals surface area contributed by atoms with Gasteiger partial charge in [-0.2, -0.15) is 0 Å². The minimum absolute atomic E-state index is 0.0559. The zero-order chi connectivity index (χ0) is 96.8. The molecule has 5 N–H and O–H groups in total. The van der Waals surface area contributed by atoms with Gasteiger partial charge in [0, 0.05) is 129 Å². The summed E-state index contributed by atoms with van der Waals surface area (Å²) in [6, 6.07) is 27.7. The summed E-state index contributed by atoms with van der Waals surface area (Å²) < 4.78 is 57.3. The quantitative estimate of drug-likeness (QED) is 0.0856. The first kappa shape index (κ1) is 94.0. The highest BCUT2D eigenvalue weighted by Crippen LogP contribution is 2.48. The molecular weight excluding hydrogens is 1890 g/mol. The third-order valence-electron chi connectivity index (χ3n) is 23.2. The summed E-state index contributed by atoms with van der Waals surface area (Å²) in [6.07, 6.45) is 15.7. The maximum atomic E-state index is 13.8. The summed E-state index contributed by atoms with van der Waals surface area (Å²) >= 11 is 8.27. The number of fused-ring (bicyclic) bond motifs is 7. The van der Waals surface area contributed by atoms with Crippen LogP contribution in [0, 0.1) is 23.2 Å². The predicted molar refractivity (Wildman–Crippen MR) is 503 cm³/mol. The second-order valence-electron chi connectivity index (χ2n) is 32.8. The van der Waals surface area contributed by atoms with Crippen LogP contribution < -0.4 is 102 Å².